The van der Waals surface area contributed by atoms with Gasteiger partial charge in [-0.25, -0.2) is 0 Å². The van der Waals surface area contributed by atoms with E-state index in [0.717, 1.165) is 18.4 Å². The van der Waals surface area contributed by atoms with E-state index in [9.17, 15) is 0 Å². The highest BCUT2D eigenvalue weighted by Gasteiger charge is 2.15. The van der Waals surface area contributed by atoms with E-state index in [1.165, 1.54) is 23.6 Å². The van der Waals surface area contributed by atoms with Crippen molar-refractivity contribution in [1.29, 1.82) is 5.26 Å². The normalized spacial score (nSPS) is 19.9. The molecule has 2 N–H and O–H groups in total. The number of nitrogens with two attached hydrogens (primary N) is 1. The molecule has 1 aliphatic rings. The van der Waals surface area contributed by atoms with Crippen LogP contribution in [0, 0.1) is 11.3 Å². The zero-order chi connectivity index (χ0) is 10.7. The van der Waals surface area contributed by atoms with Gasteiger partial charge >= 0.3 is 0 Å². The summed E-state index contributed by atoms with van der Waals surface area (Å²) >= 11 is 0. The molecule has 0 saturated carbocycles. The van der Waals surface area contributed by atoms with Gasteiger partial charge in [0, 0.05) is 12.1 Å². The highest BCUT2D eigenvalue weighted by Crippen LogP contribution is 2.28. The van der Waals surface area contributed by atoms with Crippen LogP contribution in [0.1, 0.15) is 35.6 Å². The van der Waals surface area contributed by atoms with Gasteiger partial charge in [-0.15, -0.1) is 0 Å². The maximum Gasteiger partial charge on any atom is 0.0912 e. The Bertz CT molecular complexity index is 427. The lowest BCUT2D eigenvalue weighted by atomic mass is 9.87. The molecule has 0 heterocycles. The van der Waals surface area contributed by atoms with Crippen LogP contribution in [0.2, 0.25) is 0 Å². The van der Waals surface area contributed by atoms with Crippen LogP contribution in [0.3, 0.4) is 0 Å². The Hall–Kier alpha value is -1.59. The second-order valence-electron chi connectivity index (χ2n) is 3.92. The van der Waals surface area contributed by atoms with Gasteiger partial charge in [-0.3, -0.25) is 0 Å². The van der Waals surface area contributed by atoms with Crippen molar-refractivity contribution >= 4 is 6.08 Å². The molecule has 2 nitrogen and oxygen atoms in total. The van der Waals surface area contributed by atoms with Gasteiger partial charge in [-0.05, 0) is 42.0 Å². The summed E-state index contributed by atoms with van der Waals surface area (Å²) < 4.78 is 0. The monoisotopic (exact) mass is 198 g/mol. The van der Waals surface area contributed by atoms with Gasteiger partial charge < -0.3 is 5.73 Å². The van der Waals surface area contributed by atoms with Crippen molar-refractivity contribution in [3.05, 3.63) is 41.0 Å². The second-order valence-corrected chi connectivity index (χ2v) is 3.92. The van der Waals surface area contributed by atoms with Gasteiger partial charge in [0.15, 0.2) is 0 Å². The predicted octanol–water partition coefficient (Wildman–Crippen LogP) is 2.56. The van der Waals surface area contributed by atoms with Crippen LogP contribution < -0.4 is 5.73 Å². The molecule has 0 aromatic heterocycles. The third-order valence-electron chi connectivity index (χ3n) is 2.88. The maximum atomic E-state index is 8.45. The fourth-order valence-corrected chi connectivity index (χ4v) is 2.11. The largest absolute Gasteiger partial charge is 0.324 e. The standard InChI is InChI=1S/C13H14N2/c14-8-2-3-10-6-7-12-11(9-10)4-1-5-13(12)15/h2-3,6-7,9,13H,1,4-5,15H2/t13-/m1/s1. The Morgan fingerprint density at radius 2 is 2.33 bits per heavy atom. The number of hydrogen-bond donors (Lipinski definition) is 1. The fraction of sp³-hybridized carbons (Fsp3) is 0.308. The Morgan fingerprint density at radius 3 is 3.13 bits per heavy atom. The van der Waals surface area contributed by atoms with Gasteiger partial charge in [0.1, 0.15) is 0 Å². The summed E-state index contributed by atoms with van der Waals surface area (Å²) in [7, 11) is 0. The molecule has 2 rings (SSSR count). The van der Waals surface area contributed by atoms with E-state index in [2.05, 4.69) is 12.1 Å². The van der Waals surface area contributed by atoms with Crippen molar-refractivity contribution in [3.8, 4) is 6.07 Å². The number of aryl methyl sites for hydroxylation is 1. The summed E-state index contributed by atoms with van der Waals surface area (Å²) in [5.41, 5.74) is 9.73. The number of nitrogens with zero attached hydrogens (tertiary/aromatic N) is 1. The Kier molecular flexibility index (Phi) is 2.84. The van der Waals surface area contributed by atoms with E-state index in [-0.39, 0.29) is 6.04 Å². The number of nitriles is 1. The van der Waals surface area contributed by atoms with Gasteiger partial charge in [0.2, 0.25) is 0 Å². The summed E-state index contributed by atoms with van der Waals surface area (Å²) in [6.07, 6.45) is 6.70. The SMILES string of the molecule is N#CC=Cc1ccc2c(c1)CCC[C@H]2N. The molecule has 1 aliphatic carbocycles. The van der Waals surface area contributed by atoms with Crippen molar-refractivity contribution in [2.75, 3.05) is 0 Å². The average molecular weight is 198 g/mol. The minimum Gasteiger partial charge on any atom is -0.324 e. The summed E-state index contributed by atoms with van der Waals surface area (Å²) in [4.78, 5) is 0. The average Bonchev–Trinajstić information content (AvgIpc) is 2.26. The molecule has 0 amide bonds. The topological polar surface area (TPSA) is 49.8 Å². The van der Waals surface area contributed by atoms with E-state index in [1.807, 2.05) is 18.2 Å². The molecule has 0 spiro atoms. The van der Waals surface area contributed by atoms with Crippen molar-refractivity contribution in [2.45, 2.75) is 25.3 Å². The molecule has 1 aromatic rings. The molecule has 2 heteroatoms. The van der Waals surface area contributed by atoms with Crippen LogP contribution in [0.4, 0.5) is 0 Å². The summed E-state index contributed by atoms with van der Waals surface area (Å²) in [5.74, 6) is 0. The molecule has 0 saturated heterocycles. The number of rotatable bonds is 1. The van der Waals surface area contributed by atoms with Gasteiger partial charge in [-0.2, -0.15) is 5.26 Å². The first kappa shape index (κ1) is 9.95. The molecule has 0 radical (unpaired) electrons. The Morgan fingerprint density at radius 1 is 1.47 bits per heavy atom. The lowest BCUT2D eigenvalue weighted by Crippen LogP contribution is -2.17. The number of fused-ring (bicyclic) bond motifs is 1. The minimum absolute atomic E-state index is 0.197. The number of hydrogen-bond acceptors (Lipinski definition) is 2. The first-order valence-corrected chi connectivity index (χ1v) is 5.26. The minimum atomic E-state index is 0.197. The molecule has 1 aromatic carbocycles. The van der Waals surface area contributed by atoms with Crippen LogP contribution in [0.5, 0.6) is 0 Å². The van der Waals surface area contributed by atoms with Gasteiger partial charge in [0.05, 0.1) is 6.07 Å². The zero-order valence-electron chi connectivity index (χ0n) is 8.61. The molecule has 15 heavy (non-hydrogen) atoms. The van der Waals surface area contributed by atoms with E-state index < -0.39 is 0 Å². The molecule has 1 atom stereocenters. The highest BCUT2D eigenvalue weighted by molar-refractivity contribution is 5.54. The second kappa shape index (κ2) is 4.29. The molecule has 0 bridgehead atoms. The molecule has 76 valence electrons. The first-order chi connectivity index (χ1) is 7.31. The quantitative estimate of drug-likeness (QED) is 0.705. The first-order valence-electron chi connectivity index (χ1n) is 5.26. The van der Waals surface area contributed by atoms with Crippen molar-refractivity contribution < 1.29 is 0 Å². The van der Waals surface area contributed by atoms with Gasteiger partial charge in [-0.1, -0.05) is 18.2 Å². The fourth-order valence-electron chi connectivity index (χ4n) is 2.11. The van der Waals surface area contributed by atoms with Crippen LogP contribution >= 0.6 is 0 Å². The lowest BCUT2D eigenvalue weighted by Gasteiger charge is -2.22. The van der Waals surface area contributed by atoms with Crippen LogP contribution in [-0.4, -0.2) is 0 Å². The molecule has 0 unspecified atom stereocenters. The summed E-state index contributed by atoms with van der Waals surface area (Å²) in [5, 5.41) is 8.45. The van der Waals surface area contributed by atoms with Gasteiger partial charge in [0.25, 0.3) is 0 Å². The highest BCUT2D eigenvalue weighted by atomic mass is 14.6. The third-order valence-corrected chi connectivity index (χ3v) is 2.88. The molecular weight excluding hydrogens is 184 g/mol. The van der Waals surface area contributed by atoms with Crippen LogP contribution in [0.15, 0.2) is 24.3 Å². The predicted molar refractivity (Wildman–Crippen MR) is 61.0 cm³/mol. The summed E-state index contributed by atoms with van der Waals surface area (Å²) in [6.45, 7) is 0. The Balaban J connectivity index is 2.34. The van der Waals surface area contributed by atoms with Crippen LogP contribution in [0.25, 0.3) is 6.08 Å². The van der Waals surface area contributed by atoms with Crippen molar-refractivity contribution in [3.63, 3.8) is 0 Å². The number of allylic oxidation sites excluding steroid dienone is 1. The third kappa shape index (κ3) is 2.08. The summed E-state index contributed by atoms with van der Waals surface area (Å²) in [6, 6.07) is 8.46. The maximum absolute atomic E-state index is 8.45. The smallest absolute Gasteiger partial charge is 0.0912 e. The van der Waals surface area contributed by atoms with E-state index in [1.54, 1.807) is 0 Å². The zero-order valence-corrected chi connectivity index (χ0v) is 8.61. The van der Waals surface area contributed by atoms with Crippen molar-refractivity contribution in [1.82, 2.24) is 0 Å². The molecule has 0 aliphatic heterocycles. The van der Waals surface area contributed by atoms with E-state index >= 15 is 0 Å². The number of benzene rings is 1. The van der Waals surface area contributed by atoms with E-state index in [0.29, 0.717) is 0 Å². The molecular formula is C13H14N2. The van der Waals surface area contributed by atoms with Crippen LogP contribution in [-0.2, 0) is 6.42 Å². The Labute approximate surface area is 90.0 Å². The lowest BCUT2D eigenvalue weighted by molar-refractivity contribution is 0.570. The van der Waals surface area contributed by atoms with E-state index in [4.69, 9.17) is 11.0 Å². The van der Waals surface area contributed by atoms with Crippen molar-refractivity contribution in [2.24, 2.45) is 5.73 Å². The molecule has 0 fully saturated rings.